The monoisotopic (exact) mass is 222 g/mol. The van der Waals surface area contributed by atoms with Crippen LogP contribution in [0.5, 0.6) is 0 Å². The molecule has 5 heteroatoms. The Hall–Kier alpha value is -0.130. The minimum absolute atomic E-state index is 0.259. The highest BCUT2D eigenvalue weighted by Gasteiger charge is 2.11. The van der Waals surface area contributed by atoms with Crippen LogP contribution in [0.3, 0.4) is 0 Å². The van der Waals surface area contributed by atoms with Gasteiger partial charge in [-0.2, -0.15) is 0 Å². The lowest BCUT2D eigenvalue weighted by atomic mass is 10.5. The predicted molar refractivity (Wildman–Crippen MR) is 60.1 cm³/mol. The Labute approximate surface area is 87.4 Å². The summed E-state index contributed by atoms with van der Waals surface area (Å²) in [5.74, 6) is 0.557. The molecule has 0 bridgehead atoms. The second-order valence-corrected chi connectivity index (χ2v) is 5.68. The molecule has 0 rings (SSSR count). The van der Waals surface area contributed by atoms with Crippen molar-refractivity contribution >= 4 is 9.84 Å². The van der Waals surface area contributed by atoms with E-state index in [1.807, 2.05) is 13.8 Å². The van der Waals surface area contributed by atoms with Gasteiger partial charge in [-0.15, -0.1) is 0 Å². The highest BCUT2D eigenvalue weighted by atomic mass is 32.2. The molecule has 0 saturated carbocycles. The molecule has 14 heavy (non-hydrogen) atoms. The van der Waals surface area contributed by atoms with E-state index in [-0.39, 0.29) is 5.75 Å². The predicted octanol–water partition coefficient (Wildman–Crippen LogP) is 0.0918. The first-order chi connectivity index (χ1) is 6.55. The fourth-order valence-electron chi connectivity index (χ4n) is 1.29. The Kier molecular flexibility index (Phi) is 7.13. The Morgan fingerprint density at radius 2 is 1.79 bits per heavy atom. The Morgan fingerprint density at radius 1 is 1.14 bits per heavy atom. The summed E-state index contributed by atoms with van der Waals surface area (Å²) in [5, 5.41) is 0. The van der Waals surface area contributed by atoms with Gasteiger partial charge in [-0.3, -0.25) is 0 Å². The van der Waals surface area contributed by atoms with Gasteiger partial charge in [0.25, 0.3) is 0 Å². The largest absolute Gasteiger partial charge is 0.329 e. The van der Waals surface area contributed by atoms with Crippen molar-refractivity contribution in [2.24, 2.45) is 5.73 Å². The zero-order valence-corrected chi connectivity index (χ0v) is 10.0. The minimum Gasteiger partial charge on any atom is -0.329 e. The molecule has 0 aromatic heterocycles. The van der Waals surface area contributed by atoms with Gasteiger partial charge in [0.1, 0.15) is 0 Å². The van der Waals surface area contributed by atoms with Crippen molar-refractivity contribution in [1.82, 2.24) is 4.90 Å². The third kappa shape index (κ3) is 6.34. The molecule has 0 unspecified atom stereocenters. The average Bonchev–Trinajstić information content (AvgIpc) is 2.12. The first-order valence-corrected chi connectivity index (χ1v) is 7.00. The Bertz CT molecular complexity index is 227. The van der Waals surface area contributed by atoms with Crippen LogP contribution < -0.4 is 5.73 Å². The van der Waals surface area contributed by atoms with Crippen LogP contribution in [0, 0.1) is 0 Å². The molecule has 0 atom stereocenters. The molecule has 0 saturated heterocycles. The summed E-state index contributed by atoms with van der Waals surface area (Å²) in [6.07, 6.45) is 0.700. The lowest BCUT2D eigenvalue weighted by molar-refractivity contribution is 0.313. The molecule has 0 fully saturated rings. The maximum atomic E-state index is 11.4. The highest BCUT2D eigenvalue weighted by molar-refractivity contribution is 7.91. The maximum Gasteiger partial charge on any atom is 0.151 e. The molecule has 0 amide bonds. The molecule has 0 aliphatic carbocycles. The third-order valence-electron chi connectivity index (χ3n) is 2.13. The smallest absolute Gasteiger partial charge is 0.151 e. The van der Waals surface area contributed by atoms with Gasteiger partial charge >= 0.3 is 0 Å². The van der Waals surface area contributed by atoms with E-state index in [9.17, 15) is 8.42 Å². The second kappa shape index (κ2) is 7.20. The van der Waals surface area contributed by atoms with Crippen molar-refractivity contribution in [3.63, 3.8) is 0 Å². The van der Waals surface area contributed by atoms with Gasteiger partial charge in [-0.25, -0.2) is 8.42 Å². The molecule has 86 valence electrons. The van der Waals surface area contributed by atoms with Crippen molar-refractivity contribution in [2.75, 3.05) is 37.7 Å². The first-order valence-electron chi connectivity index (χ1n) is 5.18. The van der Waals surface area contributed by atoms with Crippen LogP contribution in [-0.2, 0) is 9.84 Å². The number of rotatable bonds is 8. The zero-order chi connectivity index (χ0) is 11.0. The summed E-state index contributed by atoms with van der Waals surface area (Å²) in [6, 6.07) is 0. The van der Waals surface area contributed by atoms with E-state index in [1.165, 1.54) is 0 Å². The van der Waals surface area contributed by atoms with E-state index in [1.54, 1.807) is 0 Å². The summed E-state index contributed by atoms with van der Waals surface area (Å²) in [4.78, 5) is 2.06. The van der Waals surface area contributed by atoms with Crippen LogP contribution >= 0.6 is 0 Å². The molecule has 2 N–H and O–H groups in total. The summed E-state index contributed by atoms with van der Waals surface area (Å²) < 4.78 is 22.8. The number of hydrogen-bond donors (Lipinski definition) is 1. The molecular formula is C9H22N2O2S. The summed E-state index contributed by atoms with van der Waals surface area (Å²) in [5.41, 5.74) is 5.41. The van der Waals surface area contributed by atoms with Crippen molar-refractivity contribution in [2.45, 2.75) is 20.3 Å². The number of nitrogens with two attached hydrogens (primary N) is 1. The molecule has 0 spiro atoms. The normalized spacial score (nSPS) is 12.3. The van der Waals surface area contributed by atoms with Crippen LogP contribution in [0.1, 0.15) is 20.3 Å². The van der Waals surface area contributed by atoms with Gasteiger partial charge in [-0.05, 0) is 13.0 Å². The van der Waals surface area contributed by atoms with Gasteiger partial charge in [0.2, 0.25) is 0 Å². The number of likely N-dealkylation sites (N-methyl/N-ethyl adjacent to an activating group) is 1. The van der Waals surface area contributed by atoms with Crippen molar-refractivity contribution in [3.8, 4) is 0 Å². The quantitative estimate of drug-likeness (QED) is 0.632. The van der Waals surface area contributed by atoms with Crippen LogP contribution in [0.2, 0.25) is 0 Å². The molecule has 0 aliphatic heterocycles. The summed E-state index contributed by atoms with van der Waals surface area (Å²) in [6.45, 7) is 6.73. The van der Waals surface area contributed by atoms with E-state index in [0.29, 0.717) is 25.3 Å². The first kappa shape index (κ1) is 13.9. The minimum atomic E-state index is -2.84. The Morgan fingerprint density at radius 3 is 2.21 bits per heavy atom. The highest BCUT2D eigenvalue weighted by Crippen LogP contribution is 1.96. The van der Waals surface area contributed by atoms with E-state index in [2.05, 4.69) is 4.90 Å². The lowest BCUT2D eigenvalue weighted by Gasteiger charge is -2.18. The average molecular weight is 222 g/mol. The van der Waals surface area contributed by atoms with E-state index >= 15 is 0 Å². The fourth-order valence-corrected chi connectivity index (χ4v) is 2.65. The van der Waals surface area contributed by atoms with Crippen LogP contribution in [0.25, 0.3) is 0 Å². The van der Waals surface area contributed by atoms with Crippen molar-refractivity contribution in [3.05, 3.63) is 0 Å². The van der Waals surface area contributed by atoms with Crippen molar-refractivity contribution in [1.29, 1.82) is 0 Å². The summed E-state index contributed by atoms with van der Waals surface area (Å²) in [7, 11) is -2.84. The Balaban J connectivity index is 3.89. The molecule has 0 heterocycles. The molecule has 0 aromatic rings. The van der Waals surface area contributed by atoms with E-state index in [4.69, 9.17) is 5.73 Å². The van der Waals surface area contributed by atoms with Gasteiger partial charge in [0, 0.05) is 25.4 Å². The van der Waals surface area contributed by atoms with Crippen LogP contribution in [-0.4, -0.2) is 51.0 Å². The number of hydrogen-bond acceptors (Lipinski definition) is 4. The van der Waals surface area contributed by atoms with Gasteiger partial charge in [0.05, 0.1) is 5.75 Å². The molecular weight excluding hydrogens is 200 g/mol. The standard InChI is InChI=1S/C9H22N2O2S/c1-3-8-14(12,13)9-7-11(4-2)6-5-10/h3-10H2,1-2H3. The van der Waals surface area contributed by atoms with Gasteiger partial charge < -0.3 is 10.6 Å². The van der Waals surface area contributed by atoms with E-state index < -0.39 is 9.84 Å². The van der Waals surface area contributed by atoms with Gasteiger partial charge in [0.15, 0.2) is 9.84 Å². The van der Waals surface area contributed by atoms with Crippen LogP contribution in [0.15, 0.2) is 0 Å². The summed E-state index contributed by atoms with van der Waals surface area (Å²) >= 11 is 0. The fraction of sp³-hybridized carbons (Fsp3) is 1.00. The topological polar surface area (TPSA) is 63.4 Å². The SMILES string of the molecule is CCCS(=O)(=O)CCN(CC)CCN. The lowest BCUT2D eigenvalue weighted by Crippen LogP contribution is -2.34. The number of nitrogens with zero attached hydrogens (tertiary/aromatic N) is 1. The molecule has 0 aliphatic rings. The number of sulfone groups is 1. The van der Waals surface area contributed by atoms with Gasteiger partial charge in [-0.1, -0.05) is 13.8 Å². The van der Waals surface area contributed by atoms with E-state index in [0.717, 1.165) is 13.1 Å². The molecule has 0 aromatic carbocycles. The van der Waals surface area contributed by atoms with Crippen LogP contribution in [0.4, 0.5) is 0 Å². The zero-order valence-electron chi connectivity index (χ0n) is 9.20. The second-order valence-electron chi connectivity index (χ2n) is 3.37. The maximum absolute atomic E-state index is 11.4. The van der Waals surface area contributed by atoms with Crippen molar-refractivity contribution < 1.29 is 8.42 Å². The molecule has 4 nitrogen and oxygen atoms in total. The third-order valence-corrected chi connectivity index (χ3v) is 3.96. The molecule has 0 radical (unpaired) electrons.